The van der Waals surface area contributed by atoms with Crippen molar-refractivity contribution in [1.29, 1.82) is 0 Å². The summed E-state index contributed by atoms with van der Waals surface area (Å²) in [5, 5.41) is 8.23. The summed E-state index contributed by atoms with van der Waals surface area (Å²) in [4.78, 5) is 0. The number of hydrogen-bond donors (Lipinski definition) is 0. The van der Waals surface area contributed by atoms with Crippen LogP contribution in [0.4, 0.5) is 0 Å². The van der Waals surface area contributed by atoms with Crippen molar-refractivity contribution in [3.63, 3.8) is 0 Å². The molecule has 0 spiro atoms. The van der Waals surface area contributed by atoms with Crippen LogP contribution in [-0.2, 0) is 0 Å². The van der Waals surface area contributed by atoms with Gasteiger partial charge in [0.2, 0.25) is 11.8 Å². The van der Waals surface area contributed by atoms with Crippen LogP contribution in [0.1, 0.15) is 5.56 Å². The lowest BCUT2D eigenvalue weighted by atomic mass is 10.1. The highest BCUT2D eigenvalue weighted by Gasteiger charge is 2.10. The number of halogens is 1. The molecule has 19 heavy (non-hydrogen) atoms. The highest BCUT2D eigenvalue weighted by atomic mass is 127. The molecule has 0 N–H and O–H groups in total. The summed E-state index contributed by atoms with van der Waals surface area (Å²) in [6, 6.07) is 16.0. The predicted molar refractivity (Wildman–Crippen MR) is 82.6 cm³/mol. The van der Waals surface area contributed by atoms with E-state index in [2.05, 4.69) is 32.8 Å². The molecule has 3 aromatic rings. The number of benzene rings is 2. The monoisotopic (exact) mass is 362 g/mol. The minimum Gasteiger partial charge on any atom is -0.416 e. The zero-order valence-corrected chi connectivity index (χ0v) is 12.5. The maximum Gasteiger partial charge on any atom is 0.248 e. The summed E-state index contributed by atoms with van der Waals surface area (Å²) in [7, 11) is 0. The Morgan fingerprint density at radius 1 is 0.895 bits per heavy atom. The lowest BCUT2D eigenvalue weighted by Crippen LogP contribution is -1.79. The summed E-state index contributed by atoms with van der Waals surface area (Å²) in [6.45, 7) is 2.04. The molecule has 0 amide bonds. The van der Waals surface area contributed by atoms with Gasteiger partial charge < -0.3 is 4.42 Å². The van der Waals surface area contributed by atoms with Gasteiger partial charge in [-0.3, -0.25) is 0 Å². The van der Waals surface area contributed by atoms with Crippen LogP contribution in [-0.4, -0.2) is 10.2 Å². The minimum absolute atomic E-state index is 0.551. The van der Waals surface area contributed by atoms with Crippen LogP contribution in [0.15, 0.2) is 52.9 Å². The van der Waals surface area contributed by atoms with E-state index in [1.54, 1.807) is 0 Å². The van der Waals surface area contributed by atoms with Gasteiger partial charge in [0.15, 0.2) is 0 Å². The number of hydrogen-bond acceptors (Lipinski definition) is 3. The van der Waals surface area contributed by atoms with E-state index in [-0.39, 0.29) is 0 Å². The normalized spacial score (nSPS) is 10.6. The Kier molecular flexibility index (Phi) is 3.33. The van der Waals surface area contributed by atoms with Gasteiger partial charge >= 0.3 is 0 Å². The van der Waals surface area contributed by atoms with E-state index in [4.69, 9.17) is 4.42 Å². The van der Waals surface area contributed by atoms with Gasteiger partial charge in [0.1, 0.15) is 0 Å². The van der Waals surface area contributed by atoms with Crippen molar-refractivity contribution in [2.24, 2.45) is 0 Å². The molecule has 1 heterocycles. The molecule has 3 rings (SSSR count). The molecule has 0 aliphatic heterocycles. The topological polar surface area (TPSA) is 38.9 Å². The Bertz CT molecular complexity index is 661. The van der Waals surface area contributed by atoms with E-state index in [0.29, 0.717) is 11.8 Å². The predicted octanol–water partition coefficient (Wildman–Crippen LogP) is 4.32. The van der Waals surface area contributed by atoms with Crippen LogP contribution in [0.25, 0.3) is 22.9 Å². The third-order valence-corrected chi connectivity index (χ3v) is 3.43. The first-order chi connectivity index (χ1) is 9.22. The summed E-state index contributed by atoms with van der Waals surface area (Å²) in [6.07, 6.45) is 0. The van der Waals surface area contributed by atoms with Gasteiger partial charge in [-0.15, -0.1) is 10.2 Å². The third kappa shape index (κ3) is 2.68. The van der Waals surface area contributed by atoms with E-state index in [0.717, 1.165) is 14.7 Å². The van der Waals surface area contributed by atoms with Gasteiger partial charge in [-0.2, -0.15) is 0 Å². The molecule has 4 heteroatoms. The van der Waals surface area contributed by atoms with Gasteiger partial charge in [-0.05, 0) is 59.8 Å². The molecule has 0 aliphatic rings. The van der Waals surface area contributed by atoms with Crippen LogP contribution < -0.4 is 0 Å². The largest absolute Gasteiger partial charge is 0.416 e. The molecule has 0 radical (unpaired) electrons. The number of rotatable bonds is 2. The Balaban J connectivity index is 2.00. The average molecular weight is 362 g/mol. The molecule has 0 saturated heterocycles. The van der Waals surface area contributed by atoms with Gasteiger partial charge in [0.25, 0.3) is 0 Å². The fourth-order valence-corrected chi connectivity index (χ4v) is 2.40. The van der Waals surface area contributed by atoms with Crippen LogP contribution in [0.3, 0.4) is 0 Å². The first kappa shape index (κ1) is 12.3. The number of aromatic nitrogens is 2. The molecule has 0 bridgehead atoms. The molecule has 2 aromatic carbocycles. The van der Waals surface area contributed by atoms with Crippen molar-refractivity contribution in [3.05, 3.63) is 57.7 Å². The van der Waals surface area contributed by atoms with Gasteiger partial charge in [-0.25, -0.2) is 0 Å². The first-order valence-corrected chi connectivity index (χ1v) is 6.97. The second-order valence-electron chi connectivity index (χ2n) is 4.29. The molecular weight excluding hydrogens is 351 g/mol. The smallest absolute Gasteiger partial charge is 0.248 e. The Morgan fingerprint density at radius 3 is 2.16 bits per heavy atom. The third-order valence-electron chi connectivity index (χ3n) is 2.76. The van der Waals surface area contributed by atoms with Crippen molar-refractivity contribution < 1.29 is 4.42 Å². The molecule has 0 fully saturated rings. The molecule has 1 aromatic heterocycles. The zero-order chi connectivity index (χ0) is 13.2. The molecule has 3 nitrogen and oxygen atoms in total. The van der Waals surface area contributed by atoms with Crippen LogP contribution >= 0.6 is 22.6 Å². The standard InChI is InChI=1S/C15H11IN2O/c1-10-4-2-5-11(8-10)14-17-18-15(19-14)12-6-3-7-13(16)9-12/h2-9H,1H3. The molecular formula is C15H11IN2O. The summed E-state index contributed by atoms with van der Waals surface area (Å²) < 4.78 is 6.88. The fourth-order valence-electron chi connectivity index (χ4n) is 1.86. The van der Waals surface area contributed by atoms with Crippen molar-refractivity contribution in [3.8, 4) is 22.9 Å². The Labute approximate surface area is 124 Å². The van der Waals surface area contributed by atoms with Crippen LogP contribution in [0.2, 0.25) is 0 Å². The quantitative estimate of drug-likeness (QED) is 0.638. The van der Waals surface area contributed by atoms with E-state index >= 15 is 0 Å². The highest BCUT2D eigenvalue weighted by Crippen LogP contribution is 2.25. The van der Waals surface area contributed by atoms with Gasteiger partial charge in [0.05, 0.1) is 0 Å². The molecule has 0 unspecified atom stereocenters. The fraction of sp³-hybridized carbons (Fsp3) is 0.0667. The highest BCUT2D eigenvalue weighted by molar-refractivity contribution is 14.1. The summed E-state index contributed by atoms with van der Waals surface area (Å²) in [5.74, 6) is 1.10. The molecule has 0 saturated carbocycles. The van der Waals surface area contributed by atoms with E-state index < -0.39 is 0 Å². The Hall–Kier alpha value is -1.69. The number of aryl methyl sites for hydroxylation is 1. The van der Waals surface area contributed by atoms with E-state index in [1.165, 1.54) is 5.56 Å². The van der Waals surface area contributed by atoms with Crippen LogP contribution in [0.5, 0.6) is 0 Å². The molecule has 94 valence electrons. The van der Waals surface area contributed by atoms with E-state index in [9.17, 15) is 0 Å². The molecule has 0 aliphatic carbocycles. The lowest BCUT2D eigenvalue weighted by Gasteiger charge is -1.97. The van der Waals surface area contributed by atoms with Crippen LogP contribution in [0, 0.1) is 10.5 Å². The van der Waals surface area contributed by atoms with Gasteiger partial charge in [0, 0.05) is 14.7 Å². The van der Waals surface area contributed by atoms with Crippen molar-refractivity contribution >= 4 is 22.6 Å². The first-order valence-electron chi connectivity index (χ1n) is 5.89. The molecule has 0 atom stereocenters. The SMILES string of the molecule is Cc1cccc(-c2nnc(-c3cccc(I)c3)o2)c1. The van der Waals surface area contributed by atoms with Crippen molar-refractivity contribution in [1.82, 2.24) is 10.2 Å². The summed E-state index contributed by atoms with van der Waals surface area (Å²) >= 11 is 2.27. The average Bonchev–Trinajstić information content (AvgIpc) is 2.88. The van der Waals surface area contributed by atoms with Crippen molar-refractivity contribution in [2.45, 2.75) is 6.92 Å². The van der Waals surface area contributed by atoms with Gasteiger partial charge in [-0.1, -0.05) is 23.8 Å². The number of nitrogens with zero attached hydrogens (tertiary/aromatic N) is 2. The maximum absolute atomic E-state index is 5.74. The maximum atomic E-state index is 5.74. The second-order valence-corrected chi connectivity index (χ2v) is 5.54. The van der Waals surface area contributed by atoms with Crippen molar-refractivity contribution in [2.75, 3.05) is 0 Å². The zero-order valence-electron chi connectivity index (χ0n) is 10.3. The van der Waals surface area contributed by atoms with E-state index in [1.807, 2.05) is 55.5 Å². The summed E-state index contributed by atoms with van der Waals surface area (Å²) in [5.41, 5.74) is 3.06. The minimum atomic E-state index is 0.551. The Morgan fingerprint density at radius 2 is 1.53 bits per heavy atom. The second kappa shape index (κ2) is 5.13. The lowest BCUT2D eigenvalue weighted by molar-refractivity contribution is 0.584.